The van der Waals surface area contributed by atoms with Crippen LogP contribution in [0.4, 0.5) is 0 Å². The van der Waals surface area contributed by atoms with Gasteiger partial charge in [0.05, 0.1) is 0 Å². The van der Waals surface area contributed by atoms with Crippen molar-refractivity contribution >= 4 is 23.1 Å². The first-order valence-corrected chi connectivity index (χ1v) is 0. The van der Waals surface area contributed by atoms with Crippen molar-refractivity contribution in [3.8, 4) is 0 Å². The fourth-order valence-corrected chi connectivity index (χ4v) is 0. The van der Waals surface area contributed by atoms with Crippen molar-refractivity contribution in [3.63, 3.8) is 0 Å². The van der Waals surface area contributed by atoms with Crippen molar-refractivity contribution in [1.29, 1.82) is 0 Å². The molecule has 0 aromatic heterocycles. The molecule has 109 valence electrons. The molecule has 0 aliphatic rings. The second-order valence-electron chi connectivity index (χ2n) is 0. The van der Waals surface area contributed by atoms with Crippen molar-refractivity contribution in [1.82, 2.24) is 0 Å². The Balaban J connectivity index is 0. The minimum Gasteiger partial charge on any atom is -2.00 e. The third-order valence-corrected chi connectivity index (χ3v) is 0. The fourth-order valence-electron chi connectivity index (χ4n) is 0. The zero-order valence-corrected chi connectivity index (χ0v) is 16.5. The average Bonchev–Trinajstić information content (AvgIpc) is 0. The fraction of sp³-hybridized carbons (Fsp3) is 0. The minimum atomic E-state index is 0. The molecule has 0 bridgehead atoms. The van der Waals surface area contributed by atoms with Crippen molar-refractivity contribution in [2.75, 3.05) is 0 Å². The molecule has 0 amide bonds. The summed E-state index contributed by atoms with van der Waals surface area (Å²) in [5.41, 5.74) is 0. The monoisotopic (exact) mass is 418 g/mol. The summed E-state index contributed by atoms with van der Waals surface area (Å²) in [4.78, 5) is 0. The first kappa shape index (κ1) is 858. The van der Waals surface area contributed by atoms with Gasteiger partial charge in [0.15, 0.2) is 0 Å². The quantitative estimate of drug-likeness (QED) is 0.330. The topological polar surface area (TPSA) is 388 Å². The van der Waals surface area contributed by atoms with Gasteiger partial charge in [-0.1, -0.05) is 0 Å². The van der Waals surface area contributed by atoms with Crippen LogP contribution in [0, 0.1) is 0 Å². The molecule has 18 heavy (non-hydrogen) atoms. The molecule has 12 N–H and O–H groups in total. The number of hydrogen-bond donors (Lipinski definition) is 0. The Hall–Kier alpha value is 3.17. The molecule has 0 aliphatic carbocycles. The van der Waals surface area contributed by atoms with Gasteiger partial charge < -0.3 is 71.2 Å². The van der Waals surface area contributed by atoms with E-state index < -0.39 is 0 Å². The van der Waals surface area contributed by atoms with Gasteiger partial charge in [0.1, 0.15) is 0 Å². The van der Waals surface area contributed by atoms with Crippen molar-refractivity contribution < 1.29 is 161 Å². The van der Waals surface area contributed by atoms with Crippen LogP contribution >= 0.6 is 0 Å². The van der Waals surface area contributed by atoms with E-state index in [-0.39, 0.29) is 184 Å². The van der Waals surface area contributed by atoms with Crippen LogP contribution < -0.4 is 48.4 Å². The van der Waals surface area contributed by atoms with Gasteiger partial charge in [0.25, 0.3) is 0 Å². The first-order chi connectivity index (χ1) is 0. The molecule has 0 heterocycles. The minimum absolute atomic E-state index is 0. The molecule has 0 spiro atoms. The Kier molecular flexibility index (Phi) is 35200. The van der Waals surface area contributed by atoms with Crippen LogP contribution in [0.25, 0.3) is 0 Å². The smallest absolute Gasteiger partial charge is 2.00 e. The third-order valence-electron chi connectivity index (χ3n) is 0. The maximum absolute atomic E-state index is 0. The van der Waals surface area contributed by atoms with E-state index in [2.05, 4.69) is 0 Å². The molecule has 0 aromatic rings. The van der Waals surface area contributed by atoms with E-state index in [1.54, 1.807) is 0 Å². The van der Waals surface area contributed by atoms with Gasteiger partial charge in [-0.15, -0.1) is 0 Å². The van der Waals surface area contributed by atoms with Crippen LogP contribution in [0.5, 0.6) is 0 Å². The van der Waals surface area contributed by atoms with Gasteiger partial charge in [-0.25, -0.2) is 0 Å². The molecule has 0 aliphatic heterocycles. The van der Waals surface area contributed by atoms with E-state index in [0.717, 1.165) is 0 Å². The van der Waals surface area contributed by atoms with Crippen LogP contribution in [0.3, 0.4) is 0 Å². The van der Waals surface area contributed by atoms with E-state index >= 15 is 0 Å². The second kappa shape index (κ2) is 738. The Morgan fingerprint density at radius 1 is 0.389 bits per heavy atom. The van der Waals surface area contributed by atoms with Crippen LogP contribution in [0.2, 0.25) is 0 Å². The molecular weight excluding hydrogens is 406 g/mol. The molecule has 0 fully saturated rings. The predicted octanol–water partition coefficient (Wildman–Crippen LogP) is -12.2. The van der Waals surface area contributed by atoms with Gasteiger partial charge in [-0.05, 0) is 0 Å². The van der Waals surface area contributed by atoms with Crippen LogP contribution in [0.1, 0.15) is 0 Å². The summed E-state index contributed by atoms with van der Waals surface area (Å²) in [5, 5.41) is 0. The van der Waals surface area contributed by atoms with E-state index in [1.165, 1.54) is 0 Å². The Bertz CT molecular complexity index is 27.0. The standard InChI is InChI=1S/Li.Mg.Na.Nb.6H2O.7O.V/h;;;;6*1H2;;;;;;;;/q+1;+2;+1;+5;;;;;;;7*-2;. The van der Waals surface area contributed by atoms with Crippen LogP contribution in [-0.4, -0.2) is 55.9 Å². The van der Waals surface area contributed by atoms with Gasteiger partial charge in [0.2, 0.25) is 0 Å². The summed E-state index contributed by atoms with van der Waals surface area (Å²) in [5.74, 6) is 0. The van der Waals surface area contributed by atoms with Gasteiger partial charge in [-0.3, -0.25) is 0 Å². The van der Waals surface area contributed by atoms with E-state index in [0.29, 0.717) is 0 Å². The number of hydrogen-bond acceptors (Lipinski definition) is 0. The molecule has 1 radical (unpaired) electrons. The Morgan fingerprint density at radius 2 is 0.389 bits per heavy atom. The Labute approximate surface area is 181 Å². The second-order valence-corrected chi connectivity index (χ2v) is 0. The van der Waals surface area contributed by atoms with Gasteiger partial charge >= 0.3 is 93.9 Å². The van der Waals surface area contributed by atoms with Gasteiger partial charge in [0, 0.05) is 18.6 Å². The average molecular weight is 418 g/mol. The largest absolute Gasteiger partial charge is 5.00 e. The van der Waals surface area contributed by atoms with E-state index in [1.807, 2.05) is 0 Å². The van der Waals surface area contributed by atoms with E-state index in [9.17, 15) is 0 Å². The predicted molar refractivity (Wildman–Crippen MR) is 32.2 cm³/mol. The van der Waals surface area contributed by atoms with Crippen molar-refractivity contribution in [2.45, 2.75) is 0 Å². The molecule has 0 rings (SSSR count). The number of rotatable bonds is 0. The molecule has 0 saturated carbocycles. The summed E-state index contributed by atoms with van der Waals surface area (Å²) >= 11 is 0. The summed E-state index contributed by atoms with van der Waals surface area (Å²) < 4.78 is 0. The molecule has 13 nitrogen and oxygen atoms in total. The molecule has 0 saturated heterocycles. The first-order valence-electron chi connectivity index (χ1n) is 0. The maximum atomic E-state index is 0. The summed E-state index contributed by atoms with van der Waals surface area (Å²) in [6.07, 6.45) is 0. The molecular formula is H12LiMgNaNbO13V-5. The van der Waals surface area contributed by atoms with E-state index in [4.69, 9.17) is 0 Å². The van der Waals surface area contributed by atoms with Crippen LogP contribution in [-0.2, 0) is 79.3 Å². The summed E-state index contributed by atoms with van der Waals surface area (Å²) in [7, 11) is 0. The maximum Gasteiger partial charge on any atom is 5.00 e. The Morgan fingerprint density at radius 3 is 0.389 bits per heavy atom. The summed E-state index contributed by atoms with van der Waals surface area (Å²) in [6, 6.07) is 0. The molecule has 0 unspecified atom stereocenters. The third kappa shape index (κ3) is 630. The normalized spacial score (nSPS) is 0. The molecule has 0 atom stereocenters. The summed E-state index contributed by atoms with van der Waals surface area (Å²) in [6.45, 7) is 0. The zero-order chi connectivity index (χ0) is 0. The van der Waals surface area contributed by atoms with Gasteiger partial charge in [-0.2, -0.15) is 0 Å². The zero-order valence-electron chi connectivity index (χ0n) is 9.46. The van der Waals surface area contributed by atoms with Crippen molar-refractivity contribution in [2.24, 2.45) is 0 Å². The molecule has 0 aromatic carbocycles. The van der Waals surface area contributed by atoms with Crippen molar-refractivity contribution in [3.05, 3.63) is 0 Å². The SMILES string of the molecule is O.O.O.O.O.O.[Li+].[Mg+2].[Na+].[Nb+5].[O-2].[O-2].[O-2].[O-2].[O-2].[O-2].[O-2].[V]. The molecule has 18 heteroatoms. The van der Waals surface area contributed by atoms with Crippen LogP contribution in [0.15, 0.2) is 0 Å².